The van der Waals surface area contributed by atoms with Crippen LogP contribution in [0.15, 0.2) is 22.8 Å². The first-order chi connectivity index (χ1) is 9.08. The molecule has 0 bridgehead atoms. The molecule has 1 aromatic rings. The number of likely N-dealkylation sites (N-methyl/N-ethyl adjacent to an activating group) is 1. The van der Waals surface area contributed by atoms with Crippen LogP contribution in [-0.2, 0) is 4.79 Å². The average molecular weight is 325 g/mol. The van der Waals surface area contributed by atoms with Gasteiger partial charge in [-0.15, -0.1) is 0 Å². The molecule has 0 unspecified atom stereocenters. The van der Waals surface area contributed by atoms with E-state index in [4.69, 9.17) is 0 Å². The third-order valence-electron chi connectivity index (χ3n) is 3.50. The van der Waals surface area contributed by atoms with Crippen molar-refractivity contribution in [3.63, 3.8) is 0 Å². The number of hydrogen-bond donors (Lipinski definition) is 0. The number of carbonyl (C=O) groups is 2. The van der Waals surface area contributed by atoms with Crippen LogP contribution in [0.1, 0.15) is 36.2 Å². The molecular formula is C14H17BrN2O2. The first-order valence-electron chi connectivity index (χ1n) is 6.45. The number of pyridine rings is 1. The van der Waals surface area contributed by atoms with E-state index in [9.17, 15) is 9.59 Å². The van der Waals surface area contributed by atoms with Crippen molar-refractivity contribution in [3.8, 4) is 0 Å². The van der Waals surface area contributed by atoms with E-state index in [2.05, 4.69) is 25.8 Å². The summed E-state index contributed by atoms with van der Waals surface area (Å²) in [6.07, 6.45) is 4.14. The number of nitrogens with zero attached hydrogens (tertiary/aromatic N) is 2. The molecule has 0 radical (unpaired) electrons. The molecule has 102 valence electrons. The molecule has 2 rings (SSSR count). The van der Waals surface area contributed by atoms with Crippen LogP contribution in [0.25, 0.3) is 0 Å². The Hall–Kier alpha value is -1.07. The highest BCUT2D eigenvalue weighted by Gasteiger charge is 2.27. The number of Topliss-reactive ketones (excluding diaryl/α,β-unsaturated/α-hetero) is 2. The number of hydrogen-bond acceptors (Lipinski definition) is 4. The maximum Gasteiger partial charge on any atom is 0.181 e. The van der Waals surface area contributed by atoms with E-state index < -0.39 is 0 Å². The summed E-state index contributed by atoms with van der Waals surface area (Å²) in [6.45, 7) is 0.971. The molecule has 0 aliphatic carbocycles. The lowest BCUT2D eigenvalue weighted by atomic mass is 10.0. The van der Waals surface area contributed by atoms with Gasteiger partial charge in [-0.25, -0.2) is 0 Å². The summed E-state index contributed by atoms with van der Waals surface area (Å²) in [4.78, 5) is 30.1. The molecule has 2 heterocycles. The molecular weight excluding hydrogens is 308 g/mol. The second kappa shape index (κ2) is 6.39. The highest BCUT2D eigenvalue weighted by molar-refractivity contribution is 9.10. The molecule has 1 fully saturated rings. The van der Waals surface area contributed by atoms with Crippen LogP contribution in [0.2, 0.25) is 0 Å². The molecule has 0 aromatic carbocycles. The van der Waals surface area contributed by atoms with Gasteiger partial charge < -0.3 is 0 Å². The zero-order chi connectivity index (χ0) is 13.8. The van der Waals surface area contributed by atoms with Gasteiger partial charge in [-0.2, -0.15) is 0 Å². The van der Waals surface area contributed by atoms with Crippen molar-refractivity contribution in [2.45, 2.75) is 31.7 Å². The van der Waals surface area contributed by atoms with Gasteiger partial charge in [0.25, 0.3) is 0 Å². The summed E-state index contributed by atoms with van der Waals surface area (Å²) in [5, 5.41) is 0. The van der Waals surface area contributed by atoms with E-state index in [0.717, 1.165) is 23.9 Å². The van der Waals surface area contributed by atoms with Crippen molar-refractivity contribution < 1.29 is 9.59 Å². The van der Waals surface area contributed by atoms with Crippen molar-refractivity contribution >= 4 is 27.5 Å². The van der Waals surface area contributed by atoms with E-state index >= 15 is 0 Å². The van der Waals surface area contributed by atoms with Crippen molar-refractivity contribution in [3.05, 3.63) is 28.5 Å². The van der Waals surface area contributed by atoms with Crippen molar-refractivity contribution in [1.29, 1.82) is 0 Å². The molecule has 0 spiro atoms. The number of ketones is 2. The Morgan fingerprint density at radius 3 is 2.79 bits per heavy atom. The molecule has 1 aromatic heterocycles. The van der Waals surface area contributed by atoms with Gasteiger partial charge in [-0.05, 0) is 54.5 Å². The molecule has 1 saturated heterocycles. The van der Waals surface area contributed by atoms with E-state index in [1.54, 1.807) is 18.3 Å². The fourth-order valence-electron chi connectivity index (χ4n) is 2.39. The fraction of sp³-hybridized carbons (Fsp3) is 0.500. The predicted octanol–water partition coefficient (Wildman–Crippen LogP) is 2.47. The number of carbonyl (C=O) groups excluding carboxylic acids is 2. The van der Waals surface area contributed by atoms with Crippen LogP contribution in [0.4, 0.5) is 0 Å². The second-order valence-electron chi connectivity index (χ2n) is 4.89. The molecule has 0 amide bonds. The molecule has 1 atom stereocenters. The number of likely N-dealkylation sites (tertiary alicyclic amines) is 1. The Labute approximate surface area is 121 Å². The summed E-state index contributed by atoms with van der Waals surface area (Å²) in [5.41, 5.74) is 0.427. The number of rotatable bonds is 5. The first-order valence-corrected chi connectivity index (χ1v) is 7.25. The van der Waals surface area contributed by atoms with Gasteiger partial charge in [-0.3, -0.25) is 19.5 Å². The Morgan fingerprint density at radius 1 is 1.42 bits per heavy atom. The zero-order valence-electron chi connectivity index (χ0n) is 10.9. The Kier molecular flexibility index (Phi) is 4.82. The molecule has 1 aliphatic heterocycles. The smallest absolute Gasteiger partial charge is 0.181 e. The predicted molar refractivity (Wildman–Crippen MR) is 76.2 cm³/mol. The Balaban J connectivity index is 1.86. The van der Waals surface area contributed by atoms with Crippen molar-refractivity contribution in [2.75, 3.05) is 13.6 Å². The summed E-state index contributed by atoms with van der Waals surface area (Å²) in [7, 11) is 1.97. The van der Waals surface area contributed by atoms with Gasteiger partial charge in [0.2, 0.25) is 0 Å². The third-order valence-corrected chi connectivity index (χ3v) is 3.97. The van der Waals surface area contributed by atoms with Gasteiger partial charge in [0.05, 0.1) is 6.04 Å². The van der Waals surface area contributed by atoms with Gasteiger partial charge >= 0.3 is 0 Å². The van der Waals surface area contributed by atoms with Crippen LogP contribution >= 0.6 is 15.9 Å². The van der Waals surface area contributed by atoms with E-state index in [0.29, 0.717) is 12.1 Å². The van der Waals surface area contributed by atoms with Gasteiger partial charge in [0, 0.05) is 23.5 Å². The highest BCUT2D eigenvalue weighted by Crippen LogP contribution is 2.18. The molecule has 5 heteroatoms. The van der Waals surface area contributed by atoms with E-state index in [-0.39, 0.29) is 24.0 Å². The van der Waals surface area contributed by atoms with Crippen LogP contribution in [0.3, 0.4) is 0 Å². The summed E-state index contributed by atoms with van der Waals surface area (Å²) >= 11 is 3.27. The third kappa shape index (κ3) is 3.70. The lowest BCUT2D eigenvalue weighted by Gasteiger charge is -2.17. The average Bonchev–Trinajstić information content (AvgIpc) is 2.83. The number of halogens is 1. The largest absolute Gasteiger partial charge is 0.298 e. The maximum atomic E-state index is 12.0. The standard InChI is InChI=1S/C14H17BrN2O2/c1-17-8-2-3-12(17)14(19)7-6-13(18)11-5-4-10(15)9-16-11/h4-5,9,12H,2-3,6-8H2,1H3/t12-/m0/s1. The summed E-state index contributed by atoms with van der Waals surface area (Å²) in [6, 6.07) is 3.47. The Morgan fingerprint density at radius 2 is 2.21 bits per heavy atom. The van der Waals surface area contributed by atoms with Crippen LogP contribution < -0.4 is 0 Å². The molecule has 19 heavy (non-hydrogen) atoms. The van der Waals surface area contributed by atoms with Crippen molar-refractivity contribution in [1.82, 2.24) is 9.88 Å². The van der Waals surface area contributed by atoms with E-state index in [1.165, 1.54) is 0 Å². The maximum absolute atomic E-state index is 12.0. The minimum Gasteiger partial charge on any atom is -0.298 e. The molecule has 0 N–H and O–H groups in total. The monoisotopic (exact) mass is 324 g/mol. The highest BCUT2D eigenvalue weighted by atomic mass is 79.9. The quantitative estimate of drug-likeness (QED) is 0.781. The Bertz CT molecular complexity index is 473. The van der Waals surface area contributed by atoms with Crippen LogP contribution in [-0.4, -0.2) is 41.1 Å². The zero-order valence-corrected chi connectivity index (χ0v) is 12.5. The summed E-state index contributed by atoms with van der Waals surface area (Å²) < 4.78 is 0.840. The normalized spacial score (nSPS) is 19.6. The minimum absolute atomic E-state index is 0.00526. The first kappa shape index (κ1) is 14.3. The van der Waals surface area contributed by atoms with Crippen molar-refractivity contribution in [2.24, 2.45) is 0 Å². The lowest BCUT2D eigenvalue weighted by Crippen LogP contribution is -2.33. The van der Waals surface area contributed by atoms with E-state index in [1.807, 2.05) is 7.05 Å². The number of aromatic nitrogens is 1. The van der Waals surface area contributed by atoms with Gasteiger partial charge in [0.15, 0.2) is 5.78 Å². The molecule has 4 nitrogen and oxygen atoms in total. The lowest BCUT2D eigenvalue weighted by molar-refractivity contribution is -0.122. The van der Waals surface area contributed by atoms with Crippen LogP contribution in [0.5, 0.6) is 0 Å². The molecule has 1 aliphatic rings. The van der Waals surface area contributed by atoms with Crippen LogP contribution in [0, 0.1) is 0 Å². The van der Waals surface area contributed by atoms with Gasteiger partial charge in [0.1, 0.15) is 11.5 Å². The topological polar surface area (TPSA) is 50.3 Å². The second-order valence-corrected chi connectivity index (χ2v) is 5.81. The minimum atomic E-state index is -0.0681. The fourth-order valence-corrected chi connectivity index (χ4v) is 2.62. The SMILES string of the molecule is CN1CCC[C@H]1C(=O)CCC(=O)c1ccc(Br)cn1. The summed E-state index contributed by atoms with van der Waals surface area (Å²) in [5.74, 6) is 0.104. The molecule has 0 saturated carbocycles. The van der Waals surface area contributed by atoms with Gasteiger partial charge in [-0.1, -0.05) is 0 Å².